The summed E-state index contributed by atoms with van der Waals surface area (Å²) in [6, 6.07) is 10.00. The Labute approximate surface area is 194 Å². The van der Waals surface area contributed by atoms with Gasteiger partial charge in [0, 0.05) is 6.07 Å². The molecule has 1 aliphatic rings. The van der Waals surface area contributed by atoms with Gasteiger partial charge in [-0.25, -0.2) is 0 Å². The second kappa shape index (κ2) is 8.00. The first-order valence-corrected chi connectivity index (χ1v) is 11.4. The molecule has 1 saturated heterocycles. The number of rotatable bonds is 5. The van der Waals surface area contributed by atoms with Gasteiger partial charge in [0.25, 0.3) is 10.9 Å². The van der Waals surface area contributed by atoms with E-state index < -0.39 is 22.0 Å². The van der Waals surface area contributed by atoms with E-state index in [0.29, 0.717) is 22.4 Å². The number of para-hydroxylation sites is 1. The lowest BCUT2D eigenvalue weighted by molar-refractivity contribution is -0.383. The number of fused-ring (bicyclic) bond motifs is 1. The minimum absolute atomic E-state index is 0.0940. The molecule has 4 rings (SSSR count). The lowest BCUT2D eigenvalue weighted by Gasteiger charge is -2.43. The summed E-state index contributed by atoms with van der Waals surface area (Å²) in [4.78, 5) is 41.6. The molecule has 9 heteroatoms. The highest BCUT2D eigenvalue weighted by atomic mass is 32.1. The van der Waals surface area contributed by atoms with E-state index >= 15 is 0 Å². The fourth-order valence-corrected chi connectivity index (χ4v) is 5.12. The average molecular weight is 469 g/mol. The lowest BCUT2D eigenvalue weighted by Crippen LogP contribution is -2.58. The second-order valence-electron chi connectivity index (χ2n) is 8.96. The van der Waals surface area contributed by atoms with Crippen molar-refractivity contribution < 1.29 is 24.0 Å². The summed E-state index contributed by atoms with van der Waals surface area (Å²) >= 11 is 1.18. The van der Waals surface area contributed by atoms with Gasteiger partial charge in [0.05, 0.1) is 9.62 Å². The third-order valence-corrected chi connectivity index (χ3v) is 6.71. The van der Waals surface area contributed by atoms with Crippen molar-refractivity contribution in [2.45, 2.75) is 58.2 Å². The molecule has 0 atom stereocenters. The minimum atomic E-state index is -1.12. The number of ether oxygens (including phenoxy) is 2. The number of thiazole rings is 1. The van der Waals surface area contributed by atoms with Crippen LogP contribution >= 0.6 is 11.3 Å². The number of nitro groups is 1. The maximum absolute atomic E-state index is 13.2. The van der Waals surface area contributed by atoms with E-state index in [1.54, 1.807) is 52.0 Å². The molecule has 0 radical (unpaired) electrons. The number of aromatic nitrogens is 1. The van der Waals surface area contributed by atoms with Crippen molar-refractivity contribution in [3.05, 3.63) is 57.6 Å². The van der Waals surface area contributed by atoms with Gasteiger partial charge < -0.3 is 9.47 Å². The average Bonchev–Trinajstić information content (AvgIpc) is 3.14. The zero-order valence-corrected chi connectivity index (χ0v) is 19.8. The van der Waals surface area contributed by atoms with Gasteiger partial charge in [-0.3, -0.25) is 19.7 Å². The number of benzene rings is 2. The first kappa shape index (κ1) is 23.0. The quantitative estimate of drug-likeness (QED) is 0.281. The molecule has 0 unspecified atom stereocenters. The topological polar surface area (TPSA) is 109 Å². The second-order valence-corrected chi connectivity index (χ2v) is 9.95. The number of hydrogen-bond donors (Lipinski definition) is 0. The van der Waals surface area contributed by atoms with Crippen molar-refractivity contribution in [2.75, 3.05) is 0 Å². The van der Waals surface area contributed by atoms with Gasteiger partial charge in [0.2, 0.25) is 0 Å². The summed E-state index contributed by atoms with van der Waals surface area (Å²) in [6.07, 6.45) is 0.627. The van der Waals surface area contributed by atoms with Crippen molar-refractivity contribution in [3.63, 3.8) is 0 Å². The van der Waals surface area contributed by atoms with Crippen molar-refractivity contribution >= 4 is 38.8 Å². The molecule has 0 saturated carbocycles. The number of ketones is 2. The monoisotopic (exact) mass is 468 g/mol. The molecule has 1 aliphatic heterocycles. The van der Waals surface area contributed by atoms with Crippen LogP contribution in [0.4, 0.5) is 5.69 Å². The Hall–Kier alpha value is -3.17. The van der Waals surface area contributed by atoms with Gasteiger partial charge in [-0.05, 0) is 63.4 Å². The predicted molar refractivity (Wildman–Crippen MR) is 124 cm³/mol. The molecule has 0 bridgehead atoms. The molecule has 2 heterocycles. The van der Waals surface area contributed by atoms with E-state index in [9.17, 15) is 19.7 Å². The Morgan fingerprint density at radius 2 is 1.79 bits per heavy atom. The van der Waals surface area contributed by atoms with Crippen LogP contribution in [0.1, 0.15) is 51.7 Å². The van der Waals surface area contributed by atoms with Crippen LogP contribution in [0.25, 0.3) is 10.2 Å². The normalized spacial score (nSPS) is 18.0. The van der Waals surface area contributed by atoms with Gasteiger partial charge in [-0.2, -0.15) is 4.98 Å². The first-order chi connectivity index (χ1) is 15.4. The van der Waals surface area contributed by atoms with E-state index in [1.165, 1.54) is 17.4 Å². The molecule has 172 valence electrons. The van der Waals surface area contributed by atoms with Gasteiger partial charge in [-0.15, -0.1) is 0 Å². The number of Topliss-reactive ketones (excluding diaryl/α,β-unsaturated/α-hetero) is 2. The molecular weight excluding hydrogens is 444 g/mol. The molecule has 3 aromatic rings. The molecule has 0 N–H and O–H groups in total. The fourth-order valence-electron chi connectivity index (χ4n) is 4.27. The van der Waals surface area contributed by atoms with Crippen LogP contribution in [-0.2, 0) is 20.7 Å². The van der Waals surface area contributed by atoms with Crippen molar-refractivity contribution in [3.8, 4) is 10.9 Å². The summed E-state index contributed by atoms with van der Waals surface area (Å²) in [7, 11) is 0. The van der Waals surface area contributed by atoms with E-state index in [4.69, 9.17) is 9.47 Å². The molecule has 33 heavy (non-hydrogen) atoms. The first-order valence-electron chi connectivity index (χ1n) is 10.6. The Morgan fingerprint density at radius 1 is 1.12 bits per heavy atom. The smallest absolute Gasteiger partial charge is 0.296 e. The van der Waals surface area contributed by atoms with Gasteiger partial charge in [0.15, 0.2) is 17.1 Å². The highest BCUT2D eigenvalue weighted by Gasteiger charge is 2.53. The molecular formula is C24H24N2O6S. The zero-order valence-electron chi connectivity index (χ0n) is 19.0. The third kappa shape index (κ3) is 4.02. The van der Waals surface area contributed by atoms with E-state index in [2.05, 4.69) is 4.98 Å². The lowest BCUT2D eigenvalue weighted by atomic mass is 9.73. The number of aryl methyl sites for hydroxylation is 1. The molecule has 1 aromatic heterocycles. The molecule has 0 amide bonds. The fraction of sp³-hybridized carbons (Fsp3) is 0.375. The van der Waals surface area contributed by atoms with E-state index in [1.807, 2.05) is 13.0 Å². The summed E-state index contributed by atoms with van der Waals surface area (Å²) in [5, 5.41) is 11.5. The standard InChI is InChI=1S/C24H24N2O6S/c1-6-13-10-11-14(31-22-25-19-16(26(29)30)8-7-9-17(19)33-22)12-15(13)18-20(27)23(2,3)32-24(4,5)21(18)28/h7-12,18H,6H2,1-5H3. The Morgan fingerprint density at radius 3 is 2.39 bits per heavy atom. The van der Waals surface area contributed by atoms with Crippen molar-refractivity contribution in [1.82, 2.24) is 4.98 Å². The Balaban J connectivity index is 1.76. The number of nitrogens with zero attached hydrogens (tertiary/aromatic N) is 2. The predicted octanol–water partition coefficient (Wildman–Crippen LogP) is 5.37. The highest BCUT2D eigenvalue weighted by molar-refractivity contribution is 7.20. The van der Waals surface area contributed by atoms with E-state index in [-0.39, 0.29) is 28.0 Å². The maximum atomic E-state index is 13.2. The minimum Gasteiger partial charge on any atom is -0.431 e. The maximum Gasteiger partial charge on any atom is 0.296 e. The van der Waals surface area contributed by atoms with Crippen LogP contribution in [0.5, 0.6) is 10.9 Å². The van der Waals surface area contributed by atoms with Crippen LogP contribution in [0.3, 0.4) is 0 Å². The Kier molecular flexibility index (Phi) is 5.58. The zero-order chi connectivity index (χ0) is 24.1. The number of nitro benzene ring substituents is 1. The van der Waals surface area contributed by atoms with Crippen LogP contribution in [-0.4, -0.2) is 32.7 Å². The van der Waals surface area contributed by atoms with Gasteiger partial charge in [-0.1, -0.05) is 30.4 Å². The van der Waals surface area contributed by atoms with Gasteiger partial charge >= 0.3 is 0 Å². The molecule has 0 spiro atoms. The number of hydrogen-bond acceptors (Lipinski definition) is 8. The largest absolute Gasteiger partial charge is 0.431 e. The summed E-state index contributed by atoms with van der Waals surface area (Å²) < 4.78 is 12.4. The highest BCUT2D eigenvalue weighted by Crippen LogP contribution is 2.41. The third-order valence-electron chi connectivity index (χ3n) is 5.81. The summed E-state index contributed by atoms with van der Waals surface area (Å²) in [6.45, 7) is 8.66. The molecule has 2 aromatic carbocycles. The van der Waals surface area contributed by atoms with Crippen LogP contribution in [0, 0.1) is 10.1 Å². The number of carbonyl (C=O) groups is 2. The number of carbonyl (C=O) groups excluding carboxylic acids is 2. The summed E-state index contributed by atoms with van der Waals surface area (Å²) in [5.41, 5.74) is -0.620. The van der Waals surface area contributed by atoms with Crippen LogP contribution in [0.15, 0.2) is 36.4 Å². The van der Waals surface area contributed by atoms with E-state index in [0.717, 1.165) is 5.56 Å². The van der Waals surface area contributed by atoms with Crippen molar-refractivity contribution in [1.29, 1.82) is 0 Å². The molecule has 1 fully saturated rings. The summed E-state index contributed by atoms with van der Waals surface area (Å²) in [5.74, 6) is -1.17. The molecule has 0 aliphatic carbocycles. The number of non-ortho nitro benzene ring substituents is 1. The van der Waals surface area contributed by atoms with Crippen LogP contribution < -0.4 is 4.74 Å². The van der Waals surface area contributed by atoms with Crippen molar-refractivity contribution in [2.24, 2.45) is 0 Å². The Bertz CT molecular complexity index is 1270. The molecule has 8 nitrogen and oxygen atoms in total. The van der Waals surface area contributed by atoms with Crippen LogP contribution in [0.2, 0.25) is 0 Å². The van der Waals surface area contributed by atoms with Gasteiger partial charge in [0.1, 0.15) is 22.9 Å². The SMILES string of the molecule is CCc1ccc(Oc2nc3c([N+](=O)[O-])cccc3s2)cc1C1C(=O)C(C)(C)OC(C)(C)C1=O.